The van der Waals surface area contributed by atoms with Crippen molar-refractivity contribution in [1.82, 2.24) is 3.97 Å². The Morgan fingerprint density at radius 1 is 1.09 bits per heavy atom. The highest BCUT2D eigenvalue weighted by molar-refractivity contribution is 9.10. The lowest BCUT2D eigenvalue weighted by atomic mass is 10.2. The van der Waals surface area contributed by atoms with Crippen molar-refractivity contribution in [3.63, 3.8) is 0 Å². The second-order valence-corrected chi connectivity index (χ2v) is 7.38. The molecule has 0 aliphatic heterocycles. The molecule has 22 heavy (non-hydrogen) atoms. The number of fused-ring (bicyclic) bond motifs is 1. The first-order chi connectivity index (χ1) is 10.5. The second-order valence-electron chi connectivity index (χ2n) is 4.80. The Labute approximate surface area is 136 Å². The van der Waals surface area contributed by atoms with Crippen molar-refractivity contribution in [3.8, 4) is 6.07 Å². The van der Waals surface area contributed by atoms with Crippen LogP contribution in [0, 0.1) is 18.3 Å². The number of hydrogen-bond donors (Lipinski definition) is 0. The van der Waals surface area contributed by atoms with Gasteiger partial charge in [0.05, 0.1) is 16.0 Å². The van der Waals surface area contributed by atoms with Crippen molar-refractivity contribution in [2.75, 3.05) is 0 Å². The summed E-state index contributed by atoms with van der Waals surface area (Å²) in [5.74, 6) is 0. The summed E-state index contributed by atoms with van der Waals surface area (Å²) in [6, 6.07) is 15.4. The predicted molar refractivity (Wildman–Crippen MR) is 88.1 cm³/mol. The first-order valence-corrected chi connectivity index (χ1v) is 8.72. The third kappa shape index (κ3) is 2.05. The molecule has 3 rings (SSSR count). The molecule has 2 aromatic carbocycles. The van der Waals surface area contributed by atoms with Gasteiger partial charge in [-0.3, -0.25) is 0 Å². The minimum atomic E-state index is -3.77. The van der Waals surface area contributed by atoms with Gasteiger partial charge in [0, 0.05) is 15.6 Å². The van der Waals surface area contributed by atoms with E-state index < -0.39 is 10.0 Å². The Hall–Kier alpha value is -2.10. The van der Waals surface area contributed by atoms with E-state index in [0.29, 0.717) is 26.6 Å². The topological polar surface area (TPSA) is 62.9 Å². The molecule has 0 aliphatic carbocycles. The SMILES string of the molecule is Cc1c(Br)c2cccc(C#N)c2n1S(=O)(=O)c1ccccc1. The standard InChI is InChI=1S/C16H11BrN2O2S/c1-11-15(17)14-9-5-6-12(10-18)16(14)19(11)22(20,21)13-7-3-2-4-8-13/h2-9H,1H3. The first kappa shape index (κ1) is 14.8. The molecule has 0 radical (unpaired) electrons. The molecule has 1 aromatic heterocycles. The maximum absolute atomic E-state index is 13.0. The zero-order chi connectivity index (χ0) is 15.9. The predicted octanol–water partition coefficient (Wildman–Crippen LogP) is 3.82. The number of nitriles is 1. The highest BCUT2D eigenvalue weighted by atomic mass is 79.9. The molecule has 0 saturated carbocycles. The van der Waals surface area contributed by atoms with Crippen molar-refractivity contribution in [3.05, 3.63) is 64.3 Å². The fourth-order valence-corrected chi connectivity index (χ4v) is 4.70. The average Bonchev–Trinajstić information content (AvgIpc) is 2.80. The molecule has 0 fully saturated rings. The largest absolute Gasteiger partial charge is 0.268 e. The summed E-state index contributed by atoms with van der Waals surface area (Å²) in [4.78, 5) is 0.190. The minimum absolute atomic E-state index is 0.190. The zero-order valence-electron chi connectivity index (χ0n) is 11.6. The smallest absolute Gasteiger partial charge is 0.236 e. The lowest BCUT2D eigenvalue weighted by molar-refractivity contribution is 0.588. The van der Waals surface area contributed by atoms with Crippen molar-refractivity contribution in [2.45, 2.75) is 11.8 Å². The van der Waals surface area contributed by atoms with Crippen LogP contribution in [0.3, 0.4) is 0 Å². The van der Waals surface area contributed by atoms with Crippen molar-refractivity contribution in [1.29, 1.82) is 5.26 Å². The van der Waals surface area contributed by atoms with Gasteiger partial charge in [-0.15, -0.1) is 0 Å². The van der Waals surface area contributed by atoms with Crippen LogP contribution in [-0.4, -0.2) is 12.4 Å². The number of benzene rings is 2. The van der Waals surface area contributed by atoms with Crippen molar-refractivity contribution in [2.24, 2.45) is 0 Å². The number of nitrogens with zero attached hydrogens (tertiary/aromatic N) is 2. The Morgan fingerprint density at radius 2 is 1.77 bits per heavy atom. The van der Waals surface area contributed by atoms with Crippen LogP contribution in [0.5, 0.6) is 0 Å². The number of aromatic nitrogens is 1. The molecule has 0 bridgehead atoms. The Bertz CT molecular complexity index is 1020. The summed E-state index contributed by atoms with van der Waals surface area (Å²) in [5, 5.41) is 10.0. The quantitative estimate of drug-likeness (QED) is 0.684. The number of para-hydroxylation sites is 1. The van der Waals surface area contributed by atoms with Gasteiger partial charge in [0.2, 0.25) is 0 Å². The molecule has 110 valence electrons. The van der Waals surface area contributed by atoms with E-state index in [9.17, 15) is 13.7 Å². The van der Waals surface area contributed by atoms with Crippen molar-refractivity contribution < 1.29 is 8.42 Å². The Balaban J connectivity index is 2.47. The molecule has 0 saturated heterocycles. The fraction of sp³-hybridized carbons (Fsp3) is 0.0625. The van der Waals surface area contributed by atoms with Gasteiger partial charge in [0.15, 0.2) is 0 Å². The molecule has 6 heteroatoms. The van der Waals surface area contributed by atoms with Gasteiger partial charge in [-0.1, -0.05) is 30.3 Å². The Morgan fingerprint density at radius 3 is 2.41 bits per heavy atom. The van der Waals surface area contributed by atoms with Crippen LogP contribution in [0.25, 0.3) is 10.9 Å². The van der Waals surface area contributed by atoms with E-state index in [1.807, 2.05) is 0 Å². The summed E-state index contributed by atoms with van der Waals surface area (Å²) in [7, 11) is -3.77. The van der Waals surface area contributed by atoms with Gasteiger partial charge in [0.25, 0.3) is 10.0 Å². The van der Waals surface area contributed by atoms with Gasteiger partial charge in [-0.25, -0.2) is 12.4 Å². The third-order valence-electron chi connectivity index (χ3n) is 3.50. The minimum Gasteiger partial charge on any atom is -0.236 e. The van der Waals surface area contributed by atoms with E-state index in [1.54, 1.807) is 55.5 Å². The summed E-state index contributed by atoms with van der Waals surface area (Å²) in [6.45, 7) is 1.71. The first-order valence-electron chi connectivity index (χ1n) is 6.48. The lowest BCUT2D eigenvalue weighted by Crippen LogP contribution is -2.14. The van der Waals surface area contributed by atoms with E-state index in [4.69, 9.17) is 0 Å². The van der Waals surface area contributed by atoms with E-state index in [1.165, 1.54) is 3.97 Å². The summed E-state index contributed by atoms with van der Waals surface area (Å²) < 4.78 is 27.9. The van der Waals surface area contributed by atoms with Gasteiger partial charge < -0.3 is 0 Å². The number of rotatable bonds is 2. The number of halogens is 1. The molecule has 0 unspecified atom stereocenters. The molecule has 0 aliphatic rings. The van der Waals surface area contributed by atoms with Crippen LogP contribution in [0.1, 0.15) is 11.3 Å². The Kier molecular flexibility index (Phi) is 3.55. The number of hydrogen-bond acceptors (Lipinski definition) is 3. The van der Waals surface area contributed by atoms with Crippen LogP contribution in [0.2, 0.25) is 0 Å². The summed E-state index contributed by atoms with van der Waals surface area (Å²) >= 11 is 3.44. The van der Waals surface area contributed by atoms with Gasteiger partial charge >= 0.3 is 0 Å². The van der Waals surface area contributed by atoms with Gasteiger partial charge in [0.1, 0.15) is 6.07 Å². The van der Waals surface area contributed by atoms with Crippen LogP contribution >= 0.6 is 15.9 Å². The molecule has 3 aromatic rings. The molecule has 1 heterocycles. The summed E-state index contributed by atoms with van der Waals surface area (Å²) in [5.41, 5.74) is 1.27. The van der Waals surface area contributed by atoms with Crippen LogP contribution in [-0.2, 0) is 10.0 Å². The molecule has 0 N–H and O–H groups in total. The molecule has 4 nitrogen and oxygen atoms in total. The van der Waals surface area contributed by atoms with E-state index in [2.05, 4.69) is 22.0 Å². The molecular formula is C16H11BrN2O2S. The van der Waals surface area contributed by atoms with E-state index in [-0.39, 0.29) is 4.90 Å². The highest BCUT2D eigenvalue weighted by Crippen LogP contribution is 2.35. The molecule has 0 amide bonds. The second kappa shape index (κ2) is 5.27. The fourth-order valence-electron chi connectivity index (χ4n) is 2.48. The van der Waals surface area contributed by atoms with Crippen LogP contribution in [0.15, 0.2) is 57.9 Å². The molecule has 0 spiro atoms. The lowest BCUT2D eigenvalue weighted by Gasteiger charge is -2.10. The maximum atomic E-state index is 13.0. The van der Waals surface area contributed by atoms with E-state index >= 15 is 0 Å². The average molecular weight is 375 g/mol. The van der Waals surface area contributed by atoms with Gasteiger partial charge in [-0.2, -0.15) is 5.26 Å². The van der Waals surface area contributed by atoms with Crippen LogP contribution in [0.4, 0.5) is 0 Å². The van der Waals surface area contributed by atoms with Crippen molar-refractivity contribution >= 4 is 36.9 Å². The van der Waals surface area contributed by atoms with E-state index in [0.717, 1.165) is 0 Å². The molecular weight excluding hydrogens is 364 g/mol. The summed E-state index contributed by atoms with van der Waals surface area (Å²) in [6.07, 6.45) is 0. The van der Waals surface area contributed by atoms with Crippen LogP contribution < -0.4 is 0 Å². The maximum Gasteiger partial charge on any atom is 0.268 e. The molecule has 0 atom stereocenters. The normalized spacial score (nSPS) is 11.5. The van der Waals surface area contributed by atoms with Gasteiger partial charge in [-0.05, 0) is 41.1 Å². The highest BCUT2D eigenvalue weighted by Gasteiger charge is 2.25. The third-order valence-corrected chi connectivity index (χ3v) is 6.31. The monoisotopic (exact) mass is 374 g/mol. The zero-order valence-corrected chi connectivity index (χ0v) is 14.0.